The van der Waals surface area contributed by atoms with Crippen molar-refractivity contribution < 1.29 is 9.47 Å². The third-order valence-electron chi connectivity index (χ3n) is 5.36. The third-order valence-corrected chi connectivity index (χ3v) is 8.18. The summed E-state index contributed by atoms with van der Waals surface area (Å²) >= 11 is 3.88. The first-order valence-electron chi connectivity index (χ1n) is 9.43. The van der Waals surface area contributed by atoms with Crippen LogP contribution in [-0.2, 0) is 7.05 Å². The second kappa shape index (κ2) is 7.39. The Morgan fingerprint density at radius 2 is 1.45 bits per heavy atom. The molecule has 0 atom stereocenters. The molecule has 3 nitrogen and oxygen atoms in total. The second-order valence-electron chi connectivity index (χ2n) is 6.92. The van der Waals surface area contributed by atoms with Crippen LogP contribution in [0.2, 0.25) is 0 Å². The molecule has 2 heterocycles. The normalized spacial score (nSPS) is 13.6. The molecule has 146 valence electrons. The van der Waals surface area contributed by atoms with E-state index in [1.54, 1.807) is 14.2 Å². The summed E-state index contributed by atoms with van der Waals surface area (Å²) in [5.41, 5.74) is 4.96. The molecule has 0 N–H and O–H groups in total. The van der Waals surface area contributed by atoms with Crippen molar-refractivity contribution in [3.63, 3.8) is 0 Å². The minimum Gasteiger partial charge on any atom is -0.493 e. The van der Waals surface area contributed by atoms with Crippen LogP contribution in [0.25, 0.3) is 22.2 Å². The molecule has 0 radical (unpaired) electrons. The van der Waals surface area contributed by atoms with E-state index in [9.17, 15) is 0 Å². The van der Waals surface area contributed by atoms with Crippen LogP contribution in [0.1, 0.15) is 10.1 Å². The van der Waals surface area contributed by atoms with Crippen LogP contribution in [0.5, 0.6) is 11.5 Å². The number of nitrogens with zero attached hydrogens (tertiary/aromatic N) is 1. The zero-order valence-electron chi connectivity index (χ0n) is 16.5. The molecule has 3 aromatic carbocycles. The molecule has 0 saturated carbocycles. The fourth-order valence-electron chi connectivity index (χ4n) is 4.01. The quantitative estimate of drug-likeness (QED) is 0.365. The van der Waals surface area contributed by atoms with E-state index in [-0.39, 0.29) is 0 Å². The van der Waals surface area contributed by atoms with Gasteiger partial charge in [0.1, 0.15) is 0 Å². The molecule has 1 aromatic heterocycles. The van der Waals surface area contributed by atoms with E-state index in [1.807, 2.05) is 29.6 Å². The first kappa shape index (κ1) is 18.5. The van der Waals surface area contributed by atoms with Crippen molar-refractivity contribution in [3.05, 3.63) is 72.3 Å². The molecule has 0 saturated heterocycles. The van der Waals surface area contributed by atoms with Crippen LogP contribution in [0.4, 0.5) is 0 Å². The Kier molecular flexibility index (Phi) is 4.72. The van der Waals surface area contributed by atoms with Gasteiger partial charge in [-0.25, -0.2) is 0 Å². The zero-order chi connectivity index (χ0) is 20.0. The fourth-order valence-corrected chi connectivity index (χ4v) is 6.97. The Morgan fingerprint density at radius 3 is 2.14 bits per heavy atom. The highest BCUT2D eigenvalue weighted by atomic mass is 32.2. The van der Waals surface area contributed by atoms with Crippen LogP contribution in [0, 0.1) is 0 Å². The standard InChI is InChI=1S/C24H21NO2S2/c1-25-17-9-5-4-8-16(17)22(24-28-20-10-6-7-11-21(20)29-24)23(25)15-12-13-18(26-2)19(14-15)27-3/h4-14,24H,1-3H3. The van der Waals surface area contributed by atoms with Gasteiger partial charge >= 0.3 is 0 Å². The van der Waals surface area contributed by atoms with Crippen LogP contribution in [-0.4, -0.2) is 18.8 Å². The molecule has 0 bridgehead atoms. The fraction of sp³-hybridized carbons (Fsp3) is 0.167. The molecular formula is C24H21NO2S2. The number of rotatable bonds is 4. The predicted octanol–water partition coefficient (Wildman–Crippen LogP) is 6.76. The van der Waals surface area contributed by atoms with E-state index < -0.39 is 0 Å². The van der Waals surface area contributed by atoms with E-state index >= 15 is 0 Å². The maximum absolute atomic E-state index is 5.58. The molecular weight excluding hydrogens is 398 g/mol. The van der Waals surface area contributed by atoms with Gasteiger partial charge in [0, 0.05) is 38.9 Å². The highest BCUT2D eigenvalue weighted by Gasteiger charge is 2.30. The van der Waals surface area contributed by atoms with Gasteiger partial charge in [0.25, 0.3) is 0 Å². The Bertz CT molecular complexity index is 1190. The van der Waals surface area contributed by atoms with E-state index in [2.05, 4.69) is 72.3 Å². The van der Waals surface area contributed by atoms with E-state index in [0.717, 1.165) is 17.1 Å². The van der Waals surface area contributed by atoms with Crippen molar-refractivity contribution in [2.24, 2.45) is 7.05 Å². The molecule has 0 spiro atoms. The van der Waals surface area contributed by atoms with Crippen LogP contribution in [0.3, 0.4) is 0 Å². The summed E-state index contributed by atoms with van der Waals surface area (Å²) in [5, 5.41) is 1.30. The van der Waals surface area contributed by atoms with Crippen molar-refractivity contribution in [3.8, 4) is 22.8 Å². The third kappa shape index (κ3) is 3.00. The van der Waals surface area contributed by atoms with Crippen LogP contribution < -0.4 is 9.47 Å². The molecule has 0 unspecified atom stereocenters. The Labute approximate surface area is 179 Å². The summed E-state index contributed by atoms with van der Waals surface area (Å²) in [6, 6.07) is 23.5. The maximum atomic E-state index is 5.58. The highest BCUT2D eigenvalue weighted by Crippen LogP contribution is 2.59. The van der Waals surface area contributed by atoms with Gasteiger partial charge in [-0.3, -0.25) is 0 Å². The number of thioether (sulfide) groups is 2. The summed E-state index contributed by atoms with van der Waals surface area (Å²) in [6.07, 6.45) is 0. The topological polar surface area (TPSA) is 23.4 Å². The van der Waals surface area contributed by atoms with Gasteiger partial charge in [-0.05, 0) is 36.4 Å². The van der Waals surface area contributed by atoms with Gasteiger partial charge in [-0.1, -0.05) is 30.3 Å². The number of ether oxygens (including phenoxy) is 2. The first-order valence-corrected chi connectivity index (χ1v) is 11.2. The lowest BCUT2D eigenvalue weighted by Gasteiger charge is -2.15. The van der Waals surface area contributed by atoms with Gasteiger partial charge in [0.2, 0.25) is 0 Å². The predicted molar refractivity (Wildman–Crippen MR) is 122 cm³/mol. The number of fused-ring (bicyclic) bond motifs is 2. The van der Waals surface area contributed by atoms with Crippen molar-refractivity contribution in [1.82, 2.24) is 4.57 Å². The number of hydrogen-bond donors (Lipinski definition) is 0. The molecule has 0 aliphatic carbocycles. The zero-order valence-corrected chi connectivity index (χ0v) is 18.1. The molecule has 0 amide bonds. The number of para-hydroxylation sites is 1. The number of benzene rings is 3. The minimum atomic E-state index is 0.307. The molecule has 0 fully saturated rings. The molecule has 5 rings (SSSR count). The summed E-state index contributed by atoms with van der Waals surface area (Å²) in [4.78, 5) is 2.71. The number of hydrogen-bond acceptors (Lipinski definition) is 4. The molecule has 29 heavy (non-hydrogen) atoms. The van der Waals surface area contributed by atoms with E-state index in [4.69, 9.17) is 9.47 Å². The summed E-state index contributed by atoms with van der Waals surface area (Å²) < 4.78 is 13.6. The Morgan fingerprint density at radius 1 is 0.793 bits per heavy atom. The highest BCUT2D eigenvalue weighted by molar-refractivity contribution is 8.19. The van der Waals surface area contributed by atoms with Gasteiger partial charge in [-0.2, -0.15) is 0 Å². The van der Waals surface area contributed by atoms with Crippen LogP contribution >= 0.6 is 23.5 Å². The minimum absolute atomic E-state index is 0.307. The lowest BCUT2D eigenvalue weighted by atomic mass is 10.1. The van der Waals surface area contributed by atoms with E-state index in [1.165, 1.54) is 32.0 Å². The van der Waals surface area contributed by atoms with Gasteiger partial charge < -0.3 is 14.0 Å². The molecule has 1 aliphatic heterocycles. The van der Waals surface area contributed by atoms with Crippen LogP contribution in [0.15, 0.2) is 76.5 Å². The van der Waals surface area contributed by atoms with Crippen molar-refractivity contribution >= 4 is 34.4 Å². The summed E-state index contributed by atoms with van der Waals surface area (Å²) in [5.74, 6) is 1.49. The molecule has 4 aromatic rings. The average molecular weight is 420 g/mol. The van der Waals surface area contributed by atoms with Gasteiger partial charge in [-0.15, -0.1) is 23.5 Å². The molecule has 1 aliphatic rings. The van der Waals surface area contributed by atoms with Gasteiger partial charge in [0.15, 0.2) is 11.5 Å². The number of aryl methyl sites for hydroxylation is 1. The monoisotopic (exact) mass is 419 g/mol. The Hall–Kier alpha value is -2.50. The largest absolute Gasteiger partial charge is 0.493 e. The maximum Gasteiger partial charge on any atom is 0.161 e. The smallest absolute Gasteiger partial charge is 0.161 e. The second-order valence-corrected chi connectivity index (χ2v) is 9.51. The van der Waals surface area contributed by atoms with Crippen molar-refractivity contribution in [2.45, 2.75) is 14.4 Å². The lowest BCUT2D eigenvalue weighted by molar-refractivity contribution is 0.355. The number of aromatic nitrogens is 1. The summed E-state index contributed by atoms with van der Waals surface area (Å²) in [6.45, 7) is 0. The Balaban J connectivity index is 1.72. The summed E-state index contributed by atoms with van der Waals surface area (Å²) in [7, 11) is 5.50. The average Bonchev–Trinajstić information content (AvgIpc) is 3.32. The molecule has 5 heteroatoms. The van der Waals surface area contributed by atoms with Crippen molar-refractivity contribution in [2.75, 3.05) is 14.2 Å². The van der Waals surface area contributed by atoms with Gasteiger partial charge in [0.05, 0.1) is 24.5 Å². The lowest BCUT2D eigenvalue weighted by Crippen LogP contribution is -1.97. The van der Waals surface area contributed by atoms with E-state index in [0.29, 0.717) is 4.58 Å². The van der Waals surface area contributed by atoms with Crippen molar-refractivity contribution in [1.29, 1.82) is 0 Å². The first-order chi connectivity index (χ1) is 14.2. The SMILES string of the molecule is COc1ccc(-c2c(C3Sc4ccccc4S3)c3ccccc3n2C)cc1OC. The number of methoxy groups -OCH3 is 2.